The predicted molar refractivity (Wildman–Crippen MR) is 58.0 cm³/mol. The van der Waals surface area contributed by atoms with Crippen molar-refractivity contribution in [2.75, 3.05) is 13.6 Å². The standard InChI is InChI=1S/C12H24NO/c1-3-4-7-13(2)10-5-6-11(13)9-12(14)8-10/h10-12,14H,3-9H2,1-2H3/q+1. The third-order valence-corrected chi connectivity index (χ3v) is 4.58. The molecule has 2 bridgehead atoms. The Kier molecular flexibility index (Phi) is 2.85. The molecule has 2 fully saturated rings. The molecule has 0 spiro atoms. The Labute approximate surface area is 87.5 Å². The first-order chi connectivity index (χ1) is 6.66. The van der Waals surface area contributed by atoms with E-state index in [9.17, 15) is 5.11 Å². The van der Waals surface area contributed by atoms with Gasteiger partial charge in [0.1, 0.15) is 0 Å². The number of piperidine rings is 1. The molecule has 0 aromatic rings. The molecule has 2 aliphatic heterocycles. The van der Waals surface area contributed by atoms with Crippen LogP contribution in [-0.4, -0.2) is 41.4 Å². The van der Waals surface area contributed by atoms with Crippen LogP contribution >= 0.6 is 0 Å². The number of unbranched alkanes of at least 4 members (excludes halogenated alkanes) is 1. The van der Waals surface area contributed by atoms with Crippen molar-refractivity contribution in [3.63, 3.8) is 0 Å². The fraction of sp³-hybridized carbons (Fsp3) is 1.00. The van der Waals surface area contributed by atoms with Crippen LogP contribution in [0.4, 0.5) is 0 Å². The summed E-state index contributed by atoms with van der Waals surface area (Å²) >= 11 is 0. The number of fused-ring (bicyclic) bond motifs is 2. The lowest BCUT2D eigenvalue weighted by molar-refractivity contribution is -0.949. The maximum Gasteiger partial charge on any atom is 0.0917 e. The van der Waals surface area contributed by atoms with Crippen molar-refractivity contribution in [3.05, 3.63) is 0 Å². The number of quaternary nitrogens is 1. The van der Waals surface area contributed by atoms with E-state index < -0.39 is 0 Å². The second-order valence-electron chi connectivity index (χ2n) is 5.43. The van der Waals surface area contributed by atoms with Gasteiger partial charge in [0.15, 0.2) is 0 Å². The lowest BCUT2D eigenvalue weighted by Crippen LogP contribution is -2.58. The highest BCUT2D eigenvalue weighted by Crippen LogP contribution is 2.41. The van der Waals surface area contributed by atoms with Gasteiger partial charge in [0.2, 0.25) is 0 Å². The minimum Gasteiger partial charge on any atom is -0.393 e. The fourth-order valence-corrected chi connectivity index (χ4v) is 3.58. The lowest BCUT2D eigenvalue weighted by atomic mass is 9.96. The van der Waals surface area contributed by atoms with Gasteiger partial charge in [-0.1, -0.05) is 13.3 Å². The van der Waals surface area contributed by atoms with Crippen molar-refractivity contribution in [1.29, 1.82) is 0 Å². The Morgan fingerprint density at radius 1 is 1.21 bits per heavy atom. The van der Waals surface area contributed by atoms with Crippen molar-refractivity contribution in [1.82, 2.24) is 0 Å². The van der Waals surface area contributed by atoms with Crippen LogP contribution in [0, 0.1) is 0 Å². The highest BCUT2D eigenvalue weighted by Gasteiger charge is 2.50. The third-order valence-electron chi connectivity index (χ3n) is 4.58. The number of rotatable bonds is 3. The number of aliphatic hydroxyl groups is 1. The van der Waals surface area contributed by atoms with Gasteiger partial charge < -0.3 is 9.59 Å². The maximum atomic E-state index is 9.74. The van der Waals surface area contributed by atoms with Gasteiger partial charge in [0.25, 0.3) is 0 Å². The van der Waals surface area contributed by atoms with Crippen molar-refractivity contribution in [2.24, 2.45) is 0 Å². The van der Waals surface area contributed by atoms with Gasteiger partial charge in [-0.25, -0.2) is 0 Å². The van der Waals surface area contributed by atoms with Crippen LogP contribution in [0.15, 0.2) is 0 Å². The molecule has 2 unspecified atom stereocenters. The molecule has 0 saturated carbocycles. The van der Waals surface area contributed by atoms with E-state index in [0.717, 1.165) is 24.9 Å². The Morgan fingerprint density at radius 3 is 2.29 bits per heavy atom. The van der Waals surface area contributed by atoms with E-state index in [1.54, 1.807) is 0 Å². The quantitative estimate of drug-likeness (QED) is 0.687. The molecule has 0 amide bonds. The van der Waals surface area contributed by atoms with Crippen LogP contribution in [0.2, 0.25) is 0 Å². The normalized spacial score (nSPS) is 46.9. The Bertz CT molecular complexity index is 190. The predicted octanol–water partition coefficient (Wildman–Crippen LogP) is 1.92. The number of nitrogens with zero attached hydrogens (tertiary/aromatic N) is 1. The van der Waals surface area contributed by atoms with E-state index in [2.05, 4.69) is 14.0 Å². The zero-order chi connectivity index (χ0) is 10.2. The summed E-state index contributed by atoms with van der Waals surface area (Å²) in [4.78, 5) is 0. The zero-order valence-corrected chi connectivity index (χ0v) is 9.58. The second kappa shape index (κ2) is 3.82. The number of hydrogen-bond donors (Lipinski definition) is 1. The van der Waals surface area contributed by atoms with Crippen LogP contribution in [0.3, 0.4) is 0 Å². The van der Waals surface area contributed by atoms with Gasteiger partial charge in [-0.3, -0.25) is 0 Å². The number of hydrogen-bond acceptors (Lipinski definition) is 1. The molecule has 0 aromatic heterocycles. The van der Waals surface area contributed by atoms with Crippen LogP contribution in [0.25, 0.3) is 0 Å². The van der Waals surface area contributed by atoms with Gasteiger partial charge >= 0.3 is 0 Å². The van der Waals surface area contributed by atoms with E-state index in [4.69, 9.17) is 0 Å². The summed E-state index contributed by atoms with van der Waals surface area (Å²) in [7, 11) is 2.42. The summed E-state index contributed by atoms with van der Waals surface area (Å²) in [5.41, 5.74) is 0. The maximum absolute atomic E-state index is 9.74. The molecule has 2 atom stereocenters. The van der Waals surface area contributed by atoms with Crippen molar-refractivity contribution >= 4 is 0 Å². The first-order valence-electron chi connectivity index (χ1n) is 6.19. The SMILES string of the molecule is CCCC[N+]1(C)C2CCC1CC(O)C2. The van der Waals surface area contributed by atoms with Gasteiger partial charge in [-0.15, -0.1) is 0 Å². The number of aliphatic hydroxyl groups excluding tert-OH is 1. The summed E-state index contributed by atoms with van der Waals surface area (Å²) in [5.74, 6) is 0. The molecule has 0 aromatic carbocycles. The zero-order valence-electron chi connectivity index (χ0n) is 9.58. The monoisotopic (exact) mass is 198 g/mol. The Morgan fingerprint density at radius 2 is 1.79 bits per heavy atom. The minimum atomic E-state index is 0.000302. The van der Waals surface area contributed by atoms with E-state index in [-0.39, 0.29) is 6.10 Å². The van der Waals surface area contributed by atoms with Crippen molar-refractivity contribution in [2.45, 2.75) is 63.6 Å². The molecule has 1 N–H and O–H groups in total. The minimum absolute atomic E-state index is 0.000302. The summed E-state index contributed by atoms with van der Waals surface area (Å²) in [6, 6.07) is 1.52. The molecule has 2 saturated heterocycles. The molecule has 2 nitrogen and oxygen atoms in total. The summed E-state index contributed by atoms with van der Waals surface area (Å²) in [5, 5.41) is 9.74. The van der Waals surface area contributed by atoms with Crippen molar-refractivity contribution < 1.29 is 9.59 Å². The van der Waals surface area contributed by atoms with Crippen LogP contribution in [0.5, 0.6) is 0 Å². The molecular weight excluding hydrogens is 174 g/mol. The second-order valence-corrected chi connectivity index (χ2v) is 5.43. The largest absolute Gasteiger partial charge is 0.393 e. The molecule has 2 rings (SSSR count). The van der Waals surface area contributed by atoms with Crippen molar-refractivity contribution in [3.8, 4) is 0 Å². The molecule has 0 radical (unpaired) electrons. The molecule has 0 aliphatic carbocycles. The van der Waals surface area contributed by atoms with Crippen LogP contribution in [-0.2, 0) is 0 Å². The highest BCUT2D eigenvalue weighted by molar-refractivity contribution is 4.85. The highest BCUT2D eigenvalue weighted by atomic mass is 16.3. The van der Waals surface area contributed by atoms with Crippen LogP contribution < -0.4 is 0 Å². The van der Waals surface area contributed by atoms with Gasteiger partial charge in [-0.2, -0.15) is 0 Å². The Hall–Kier alpha value is -0.0800. The summed E-state index contributed by atoms with van der Waals surface area (Å²) in [6.07, 6.45) is 7.45. The Balaban J connectivity index is 2.05. The average Bonchev–Trinajstić information content (AvgIpc) is 2.39. The summed E-state index contributed by atoms with van der Waals surface area (Å²) < 4.78 is 1.27. The van der Waals surface area contributed by atoms with E-state index in [1.165, 1.54) is 36.7 Å². The average molecular weight is 198 g/mol. The smallest absolute Gasteiger partial charge is 0.0917 e. The first-order valence-corrected chi connectivity index (χ1v) is 6.19. The topological polar surface area (TPSA) is 20.2 Å². The molecular formula is C12H24NO+. The van der Waals surface area contributed by atoms with Gasteiger partial charge in [0.05, 0.1) is 31.8 Å². The molecule has 2 heterocycles. The van der Waals surface area contributed by atoms with Gasteiger partial charge in [0, 0.05) is 25.7 Å². The molecule has 2 aliphatic rings. The summed E-state index contributed by atoms with van der Waals surface area (Å²) in [6.45, 7) is 3.60. The molecule has 14 heavy (non-hydrogen) atoms. The van der Waals surface area contributed by atoms with E-state index in [1.807, 2.05) is 0 Å². The lowest BCUT2D eigenvalue weighted by Gasteiger charge is -2.46. The third kappa shape index (κ3) is 1.59. The van der Waals surface area contributed by atoms with Crippen LogP contribution in [0.1, 0.15) is 45.4 Å². The van der Waals surface area contributed by atoms with Gasteiger partial charge in [-0.05, 0) is 6.42 Å². The molecule has 2 heteroatoms. The fourth-order valence-electron chi connectivity index (χ4n) is 3.58. The van der Waals surface area contributed by atoms with E-state index >= 15 is 0 Å². The molecule has 82 valence electrons. The first kappa shape index (κ1) is 10.4. The van der Waals surface area contributed by atoms with E-state index in [0.29, 0.717) is 0 Å².